The van der Waals surface area contributed by atoms with Crippen LogP contribution in [0.5, 0.6) is 5.75 Å². The number of carbonyl (C=O) groups is 2. The summed E-state index contributed by atoms with van der Waals surface area (Å²) in [6.07, 6.45) is 0. The van der Waals surface area contributed by atoms with Crippen molar-refractivity contribution >= 4 is 17.6 Å². The lowest BCUT2D eigenvalue weighted by Gasteiger charge is -2.05. The van der Waals surface area contributed by atoms with Gasteiger partial charge in [-0.25, -0.2) is 0 Å². The quantitative estimate of drug-likeness (QED) is 0.704. The molecule has 1 heterocycles. The number of ether oxygens (including phenoxy) is 1. The number of rotatable bonds is 6. The van der Waals surface area contributed by atoms with Crippen molar-refractivity contribution in [3.8, 4) is 5.75 Å². The Morgan fingerprint density at radius 3 is 2.56 bits per heavy atom. The average Bonchev–Trinajstić information content (AvgIpc) is 3.07. The second kappa shape index (κ2) is 8.18. The fourth-order valence-electron chi connectivity index (χ4n) is 2.53. The zero-order valence-corrected chi connectivity index (χ0v) is 15.1. The molecule has 0 radical (unpaired) electrons. The van der Waals surface area contributed by atoms with E-state index in [0.29, 0.717) is 17.9 Å². The van der Waals surface area contributed by atoms with Gasteiger partial charge in [-0.15, -0.1) is 0 Å². The van der Waals surface area contributed by atoms with E-state index in [9.17, 15) is 9.59 Å². The highest BCUT2D eigenvalue weighted by molar-refractivity contribution is 6.04. The van der Waals surface area contributed by atoms with Gasteiger partial charge in [-0.2, -0.15) is 5.10 Å². The van der Waals surface area contributed by atoms with Crippen molar-refractivity contribution in [3.63, 3.8) is 0 Å². The first kappa shape index (κ1) is 18.2. The van der Waals surface area contributed by atoms with Crippen LogP contribution in [0.4, 0.5) is 5.82 Å². The zero-order valence-electron chi connectivity index (χ0n) is 15.1. The Morgan fingerprint density at radius 2 is 1.81 bits per heavy atom. The lowest BCUT2D eigenvalue weighted by Crippen LogP contribution is -2.23. The predicted molar refractivity (Wildman–Crippen MR) is 102 cm³/mol. The molecule has 2 N–H and O–H groups in total. The number of aryl methyl sites for hydroxylation is 1. The first-order valence-corrected chi connectivity index (χ1v) is 8.38. The molecular weight excluding hydrogens is 344 g/mol. The van der Waals surface area contributed by atoms with Crippen molar-refractivity contribution in [2.75, 3.05) is 12.4 Å². The highest BCUT2D eigenvalue weighted by atomic mass is 16.5. The van der Waals surface area contributed by atoms with Crippen molar-refractivity contribution in [2.45, 2.75) is 6.54 Å². The molecule has 2 amide bonds. The number of aromatic nitrogens is 2. The molecule has 0 aliphatic heterocycles. The van der Waals surface area contributed by atoms with Gasteiger partial charge in [0, 0.05) is 25.2 Å². The molecular formula is C20H20N4O3. The van der Waals surface area contributed by atoms with Crippen LogP contribution in [0.15, 0.2) is 60.7 Å². The standard InChI is InChI=1S/C20H20N4O3/c1-24-18(22-19(25)15-8-4-3-5-9-15)12-17(23-24)20(26)21-13-14-7-6-10-16(11-14)27-2/h3-12H,13H2,1-2H3,(H,21,26)(H,22,25). The summed E-state index contributed by atoms with van der Waals surface area (Å²) in [4.78, 5) is 24.6. The molecule has 0 fully saturated rings. The Morgan fingerprint density at radius 1 is 1.04 bits per heavy atom. The molecule has 138 valence electrons. The molecule has 0 bridgehead atoms. The summed E-state index contributed by atoms with van der Waals surface area (Å²) in [5, 5.41) is 9.73. The number of hydrogen-bond donors (Lipinski definition) is 2. The van der Waals surface area contributed by atoms with Crippen LogP contribution < -0.4 is 15.4 Å². The summed E-state index contributed by atoms with van der Waals surface area (Å²) in [7, 11) is 3.26. The highest BCUT2D eigenvalue weighted by Crippen LogP contribution is 2.14. The molecule has 1 aromatic heterocycles. The number of hydrogen-bond acceptors (Lipinski definition) is 4. The van der Waals surface area contributed by atoms with E-state index in [1.54, 1.807) is 44.5 Å². The van der Waals surface area contributed by atoms with Crippen LogP contribution in [0.25, 0.3) is 0 Å². The van der Waals surface area contributed by atoms with Crippen LogP contribution in [0, 0.1) is 0 Å². The van der Waals surface area contributed by atoms with Crippen molar-refractivity contribution in [1.82, 2.24) is 15.1 Å². The lowest BCUT2D eigenvalue weighted by atomic mass is 10.2. The van der Waals surface area contributed by atoms with E-state index in [2.05, 4.69) is 15.7 Å². The van der Waals surface area contributed by atoms with E-state index in [1.807, 2.05) is 30.3 Å². The predicted octanol–water partition coefficient (Wildman–Crippen LogP) is 2.61. The number of methoxy groups -OCH3 is 1. The van der Waals surface area contributed by atoms with E-state index in [-0.39, 0.29) is 17.5 Å². The van der Waals surface area contributed by atoms with Gasteiger partial charge in [-0.3, -0.25) is 14.3 Å². The summed E-state index contributed by atoms with van der Waals surface area (Å²) < 4.78 is 6.63. The van der Waals surface area contributed by atoms with Crippen LogP contribution in [0.1, 0.15) is 26.4 Å². The summed E-state index contributed by atoms with van der Waals surface area (Å²) in [6, 6.07) is 17.8. The Hall–Kier alpha value is -3.61. The van der Waals surface area contributed by atoms with Gasteiger partial charge in [0.05, 0.1) is 7.11 Å². The number of anilines is 1. The number of nitrogens with one attached hydrogen (secondary N) is 2. The third-order valence-corrected chi connectivity index (χ3v) is 3.98. The minimum Gasteiger partial charge on any atom is -0.497 e. The maximum absolute atomic E-state index is 12.4. The third-order valence-electron chi connectivity index (χ3n) is 3.98. The highest BCUT2D eigenvalue weighted by Gasteiger charge is 2.15. The van der Waals surface area contributed by atoms with Gasteiger partial charge in [0.25, 0.3) is 11.8 Å². The maximum atomic E-state index is 12.4. The monoisotopic (exact) mass is 364 g/mol. The van der Waals surface area contributed by atoms with Crippen LogP contribution in [0.2, 0.25) is 0 Å². The molecule has 0 saturated carbocycles. The fraction of sp³-hybridized carbons (Fsp3) is 0.150. The normalized spacial score (nSPS) is 10.3. The van der Waals surface area contributed by atoms with Gasteiger partial charge in [0.1, 0.15) is 11.6 Å². The summed E-state index contributed by atoms with van der Waals surface area (Å²) in [6.45, 7) is 0.346. The van der Waals surface area contributed by atoms with Gasteiger partial charge in [-0.1, -0.05) is 30.3 Å². The van der Waals surface area contributed by atoms with Crippen LogP contribution in [-0.2, 0) is 13.6 Å². The molecule has 7 nitrogen and oxygen atoms in total. The number of nitrogens with zero attached hydrogens (tertiary/aromatic N) is 2. The van der Waals surface area contributed by atoms with Crippen LogP contribution in [-0.4, -0.2) is 28.7 Å². The minimum absolute atomic E-state index is 0.226. The first-order chi connectivity index (χ1) is 13.1. The maximum Gasteiger partial charge on any atom is 0.272 e. The van der Waals surface area contributed by atoms with Crippen molar-refractivity contribution in [1.29, 1.82) is 0 Å². The van der Waals surface area contributed by atoms with Crippen LogP contribution in [0.3, 0.4) is 0 Å². The zero-order chi connectivity index (χ0) is 19.2. The summed E-state index contributed by atoms with van der Waals surface area (Å²) >= 11 is 0. The molecule has 0 aliphatic rings. The third kappa shape index (κ3) is 4.52. The molecule has 3 rings (SSSR count). The Labute approximate surface area is 157 Å². The van der Waals surface area contributed by atoms with E-state index in [1.165, 1.54) is 4.68 Å². The van der Waals surface area contributed by atoms with Crippen LogP contribution >= 0.6 is 0 Å². The van der Waals surface area contributed by atoms with Gasteiger partial charge in [0.2, 0.25) is 0 Å². The van der Waals surface area contributed by atoms with Crippen molar-refractivity contribution in [3.05, 3.63) is 77.5 Å². The smallest absolute Gasteiger partial charge is 0.272 e. The fourth-order valence-corrected chi connectivity index (χ4v) is 2.53. The summed E-state index contributed by atoms with van der Waals surface area (Å²) in [5.41, 5.74) is 1.67. The molecule has 2 aromatic carbocycles. The molecule has 0 spiro atoms. The Kier molecular flexibility index (Phi) is 5.51. The molecule has 7 heteroatoms. The van der Waals surface area contributed by atoms with Gasteiger partial charge < -0.3 is 15.4 Å². The molecule has 3 aromatic rings. The van der Waals surface area contributed by atoms with E-state index in [4.69, 9.17) is 4.74 Å². The van der Waals surface area contributed by atoms with Gasteiger partial charge >= 0.3 is 0 Å². The topological polar surface area (TPSA) is 85.3 Å². The van der Waals surface area contributed by atoms with Gasteiger partial charge in [0.15, 0.2) is 5.69 Å². The number of amides is 2. The van der Waals surface area contributed by atoms with Gasteiger partial charge in [-0.05, 0) is 29.8 Å². The van der Waals surface area contributed by atoms with Crippen molar-refractivity contribution in [2.24, 2.45) is 7.05 Å². The summed E-state index contributed by atoms with van der Waals surface area (Å²) in [5.74, 6) is 0.580. The Balaban J connectivity index is 1.64. The second-order valence-electron chi connectivity index (χ2n) is 5.89. The lowest BCUT2D eigenvalue weighted by molar-refractivity contribution is 0.0944. The molecule has 27 heavy (non-hydrogen) atoms. The number of benzene rings is 2. The van der Waals surface area contributed by atoms with E-state index < -0.39 is 0 Å². The molecule has 0 saturated heterocycles. The van der Waals surface area contributed by atoms with E-state index in [0.717, 1.165) is 11.3 Å². The first-order valence-electron chi connectivity index (χ1n) is 8.38. The minimum atomic E-state index is -0.325. The molecule has 0 atom stereocenters. The van der Waals surface area contributed by atoms with Crippen molar-refractivity contribution < 1.29 is 14.3 Å². The Bertz CT molecular complexity index is 951. The average molecular weight is 364 g/mol. The molecule has 0 unspecified atom stereocenters. The number of carbonyl (C=O) groups excluding carboxylic acids is 2. The second-order valence-corrected chi connectivity index (χ2v) is 5.89. The van der Waals surface area contributed by atoms with E-state index >= 15 is 0 Å². The molecule has 0 aliphatic carbocycles. The SMILES string of the molecule is COc1cccc(CNC(=O)c2cc(NC(=O)c3ccccc3)n(C)n2)c1. The largest absolute Gasteiger partial charge is 0.497 e.